The standard InChI is InChI=1S/C10H18F4O2.C2H2F4.CH2F2O.CH2F2.CFN/c1-3-4-5-9(16-10(12,13)14)6-8(2)15-7-11;3-1-2(4,5)6;2-1-4-3;2*2-1-3/h8-9H,3-7H2,1-2H3;1H2;1H2;1H2;. The SMILES string of the molecule is CCCCC(CC(C)OCF)OC(F)(F)F.FCC(F)(F)F.FCF.FCOF.N#CF. The molecule has 4 nitrogen and oxygen atoms in total. The maximum atomic E-state index is 12.0. The molecule has 0 radical (unpaired) electrons. The van der Waals surface area contributed by atoms with Crippen molar-refractivity contribution in [3.05, 3.63) is 0 Å². The molecule has 0 aromatic heterocycles. The average Bonchev–Trinajstić information content (AvgIpc) is 2.66. The molecule has 2 atom stereocenters. The number of ether oxygens (including phenoxy) is 2. The molecule has 0 aliphatic rings. The van der Waals surface area contributed by atoms with Gasteiger partial charge in [0.05, 0.1) is 12.2 Å². The number of halogens is 13. The number of rotatable bonds is 9. The second-order valence-electron chi connectivity index (χ2n) is 4.80. The molecule has 0 heterocycles. The monoisotopic (exact) mass is 513 g/mol. The van der Waals surface area contributed by atoms with Crippen LogP contribution in [-0.4, -0.2) is 52.1 Å². The molecule has 0 rings (SSSR count). The Labute approximate surface area is 176 Å². The van der Waals surface area contributed by atoms with Crippen molar-refractivity contribution in [1.29, 1.82) is 5.26 Å². The maximum Gasteiger partial charge on any atom is 0.522 e. The van der Waals surface area contributed by atoms with E-state index < -0.39 is 52.1 Å². The summed E-state index contributed by atoms with van der Waals surface area (Å²) in [6, 6.07) is 0. The van der Waals surface area contributed by atoms with Crippen LogP contribution in [0.25, 0.3) is 0 Å². The van der Waals surface area contributed by atoms with Gasteiger partial charge in [-0.25, -0.2) is 22.0 Å². The molecule has 198 valence electrons. The first-order valence-electron chi connectivity index (χ1n) is 8.15. The zero-order chi connectivity index (χ0) is 26.6. The Hall–Kier alpha value is -1.54. The third-order valence-corrected chi connectivity index (χ3v) is 2.32. The summed E-state index contributed by atoms with van der Waals surface area (Å²) in [6.07, 6.45) is -8.78. The minimum absolute atomic E-state index is 0.0451. The van der Waals surface area contributed by atoms with Crippen LogP contribution in [0.4, 0.5) is 57.2 Å². The van der Waals surface area contributed by atoms with Crippen molar-refractivity contribution in [2.45, 2.75) is 64.3 Å². The average molecular weight is 513 g/mol. The third kappa shape index (κ3) is 63.0. The maximum absolute atomic E-state index is 12.0. The fourth-order valence-corrected chi connectivity index (χ4v) is 1.39. The van der Waals surface area contributed by atoms with Gasteiger partial charge in [-0.2, -0.15) is 23.4 Å². The van der Waals surface area contributed by atoms with Gasteiger partial charge in [0, 0.05) is 0 Å². The van der Waals surface area contributed by atoms with Gasteiger partial charge >= 0.3 is 12.5 Å². The van der Waals surface area contributed by atoms with Gasteiger partial charge in [0.2, 0.25) is 13.8 Å². The van der Waals surface area contributed by atoms with Crippen molar-refractivity contribution >= 4 is 0 Å². The molecule has 0 aromatic carbocycles. The first kappa shape index (κ1) is 40.8. The predicted molar refractivity (Wildman–Crippen MR) is 85.6 cm³/mol. The molecular formula is C15H24F13NO3. The minimum Gasteiger partial charge on any atom is -0.347 e. The van der Waals surface area contributed by atoms with Gasteiger partial charge in [0.1, 0.15) is 0 Å². The largest absolute Gasteiger partial charge is 0.522 e. The highest BCUT2D eigenvalue weighted by atomic mass is 19.4. The van der Waals surface area contributed by atoms with Crippen LogP contribution >= 0.6 is 0 Å². The zero-order valence-corrected chi connectivity index (χ0v) is 16.9. The molecule has 0 bridgehead atoms. The van der Waals surface area contributed by atoms with Crippen molar-refractivity contribution in [2.24, 2.45) is 0 Å². The van der Waals surface area contributed by atoms with Gasteiger partial charge in [-0.15, -0.1) is 17.6 Å². The van der Waals surface area contributed by atoms with E-state index in [0.29, 0.717) is 12.8 Å². The van der Waals surface area contributed by atoms with Crippen molar-refractivity contribution in [3.8, 4) is 6.32 Å². The second-order valence-corrected chi connectivity index (χ2v) is 4.80. The number of alkyl halides is 11. The predicted octanol–water partition coefficient (Wildman–Crippen LogP) is 7.46. The van der Waals surface area contributed by atoms with E-state index in [9.17, 15) is 57.2 Å². The molecule has 0 saturated heterocycles. The van der Waals surface area contributed by atoms with Crippen LogP contribution in [0.2, 0.25) is 0 Å². The Morgan fingerprint density at radius 3 is 1.53 bits per heavy atom. The smallest absolute Gasteiger partial charge is 0.347 e. The van der Waals surface area contributed by atoms with Crippen LogP contribution in [0.1, 0.15) is 39.5 Å². The Morgan fingerprint density at radius 2 is 1.31 bits per heavy atom. The molecule has 0 spiro atoms. The highest BCUT2D eigenvalue weighted by Crippen LogP contribution is 2.24. The van der Waals surface area contributed by atoms with Crippen LogP contribution in [0.5, 0.6) is 0 Å². The van der Waals surface area contributed by atoms with E-state index in [-0.39, 0.29) is 12.7 Å². The minimum atomic E-state index is -4.64. The summed E-state index contributed by atoms with van der Waals surface area (Å²) in [6.45, 7) is -2.91. The molecular weight excluding hydrogens is 489 g/mol. The summed E-state index contributed by atoms with van der Waals surface area (Å²) in [5, 5.41) is 6.65. The molecule has 0 fully saturated rings. The van der Waals surface area contributed by atoms with E-state index >= 15 is 0 Å². The zero-order valence-electron chi connectivity index (χ0n) is 16.9. The Balaban J connectivity index is -0.000000124. The van der Waals surface area contributed by atoms with Crippen LogP contribution in [0, 0.1) is 11.6 Å². The topological polar surface area (TPSA) is 51.5 Å². The fraction of sp³-hybridized carbons (Fsp3) is 0.933. The summed E-state index contributed by atoms with van der Waals surface area (Å²) in [5.74, 6) is 0. The summed E-state index contributed by atoms with van der Waals surface area (Å²) >= 11 is 0. The van der Waals surface area contributed by atoms with Crippen LogP contribution in [0.15, 0.2) is 0 Å². The second kappa shape index (κ2) is 29.5. The number of unbranched alkanes of at least 4 members (excludes halogenated alkanes) is 1. The normalized spacial score (nSPS) is 12.1. The number of hydrogen-bond acceptors (Lipinski definition) is 4. The summed E-state index contributed by atoms with van der Waals surface area (Å²) in [7, 11) is 0. The highest BCUT2D eigenvalue weighted by molar-refractivity contribution is 4.64. The number of nitrogens with zero attached hydrogens (tertiary/aromatic N) is 1. The molecule has 2 unspecified atom stereocenters. The Bertz CT molecular complexity index is 377. The number of hydrogen-bond donors (Lipinski definition) is 0. The van der Waals surface area contributed by atoms with Gasteiger partial charge in [0.15, 0.2) is 13.5 Å². The van der Waals surface area contributed by atoms with E-state index in [1.165, 1.54) is 6.92 Å². The molecule has 17 heteroatoms. The lowest BCUT2D eigenvalue weighted by molar-refractivity contribution is -0.345. The van der Waals surface area contributed by atoms with E-state index in [4.69, 9.17) is 5.26 Å². The molecule has 0 saturated carbocycles. The highest BCUT2D eigenvalue weighted by Gasteiger charge is 2.33. The van der Waals surface area contributed by atoms with Crippen LogP contribution in [-0.2, 0) is 14.4 Å². The van der Waals surface area contributed by atoms with Crippen molar-refractivity contribution in [1.82, 2.24) is 0 Å². The molecule has 0 aliphatic carbocycles. The fourth-order valence-electron chi connectivity index (χ4n) is 1.39. The van der Waals surface area contributed by atoms with Gasteiger partial charge < -0.3 is 4.74 Å². The molecule has 0 aliphatic heterocycles. The summed E-state index contributed by atoms with van der Waals surface area (Å²) in [4.78, 5) is 2.38. The van der Waals surface area contributed by atoms with E-state index in [1.807, 2.05) is 6.92 Å². The number of nitriles is 1. The third-order valence-electron chi connectivity index (χ3n) is 2.32. The lowest BCUT2D eigenvalue weighted by Crippen LogP contribution is -2.27. The summed E-state index contributed by atoms with van der Waals surface area (Å²) < 4.78 is 147. The molecule has 0 aromatic rings. The van der Waals surface area contributed by atoms with Gasteiger partial charge in [-0.1, -0.05) is 19.8 Å². The van der Waals surface area contributed by atoms with Crippen LogP contribution in [0.3, 0.4) is 0 Å². The van der Waals surface area contributed by atoms with Crippen molar-refractivity contribution < 1.29 is 71.6 Å². The molecule has 32 heavy (non-hydrogen) atoms. The van der Waals surface area contributed by atoms with E-state index in [1.54, 1.807) is 0 Å². The summed E-state index contributed by atoms with van der Waals surface area (Å²) in [5.41, 5.74) is 0. The van der Waals surface area contributed by atoms with Gasteiger partial charge in [-0.05, 0) is 24.3 Å². The van der Waals surface area contributed by atoms with Crippen LogP contribution < -0.4 is 0 Å². The van der Waals surface area contributed by atoms with E-state index in [0.717, 1.165) is 6.42 Å². The van der Waals surface area contributed by atoms with E-state index in [2.05, 4.69) is 14.4 Å². The van der Waals surface area contributed by atoms with Crippen molar-refractivity contribution in [2.75, 3.05) is 27.3 Å². The van der Waals surface area contributed by atoms with Gasteiger partial charge in [-0.3, -0.25) is 4.74 Å². The lowest BCUT2D eigenvalue weighted by Gasteiger charge is -2.22. The first-order chi connectivity index (χ1) is 14.7. The van der Waals surface area contributed by atoms with Crippen molar-refractivity contribution in [3.63, 3.8) is 0 Å². The molecule has 0 N–H and O–H groups in total. The first-order valence-corrected chi connectivity index (χ1v) is 8.15. The Morgan fingerprint density at radius 1 is 0.938 bits per heavy atom. The quantitative estimate of drug-likeness (QED) is 0.301. The molecule has 0 amide bonds. The lowest BCUT2D eigenvalue weighted by atomic mass is 10.1. The Kier molecular flexibility index (Phi) is 37.5. The van der Waals surface area contributed by atoms with Gasteiger partial charge in [0.25, 0.3) is 6.32 Å².